The third kappa shape index (κ3) is 5.28. The molecule has 0 spiro atoms. The average molecular weight is 408 g/mol. The van der Waals surface area contributed by atoms with Gasteiger partial charge < -0.3 is 13.6 Å². The van der Waals surface area contributed by atoms with Crippen molar-refractivity contribution in [3.63, 3.8) is 0 Å². The fourth-order valence-electron chi connectivity index (χ4n) is 2.61. The SMILES string of the molecule is CCOP(=O)(OCC)/C(=C\c1ccccc1)P(=O)(OCC)c1ccccc1. The van der Waals surface area contributed by atoms with Crippen LogP contribution in [-0.4, -0.2) is 19.8 Å². The maximum Gasteiger partial charge on any atom is 0.367 e. The van der Waals surface area contributed by atoms with Gasteiger partial charge in [0, 0.05) is 5.30 Å². The first-order valence-corrected chi connectivity index (χ1v) is 12.1. The van der Waals surface area contributed by atoms with Gasteiger partial charge in [0.2, 0.25) is 0 Å². The van der Waals surface area contributed by atoms with Crippen molar-refractivity contribution < 1.29 is 22.7 Å². The zero-order valence-corrected chi connectivity index (χ0v) is 17.7. The summed E-state index contributed by atoms with van der Waals surface area (Å²) in [5.41, 5.74) is 0.739. The molecule has 0 saturated heterocycles. The Kier molecular flexibility index (Phi) is 8.22. The molecule has 0 radical (unpaired) electrons. The second kappa shape index (κ2) is 10.2. The van der Waals surface area contributed by atoms with Crippen LogP contribution in [0.2, 0.25) is 0 Å². The lowest BCUT2D eigenvalue weighted by Crippen LogP contribution is -2.12. The van der Waals surface area contributed by atoms with Crippen LogP contribution in [0, 0.1) is 0 Å². The molecule has 2 aromatic carbocycles. The quantitative estimate of drug-likeness (QED) is 0.459. The maximum atomic E-state index is 14.1. The number of rotatable bonds is 10. The van der Waals surface area contributed by atoms with Crippen molar-refractivity contribution in [3.8, 4) is 0 Å². The van der Waals surface area contributed by atoms with Gasteiger partial charge in [0.1, 0.15) is 5.06 Å². The van der Waals surface area contributed by atoms with Gasteiger partial charge in [-0.1, -0.05) is 48.5 Å². The topological polar surface area (TPSA) is 61.8 Å². The van der Waals surface area contributed by atoms with E-state index in [9.17, 15) is 9.13 Å². The Hall–Kier alpha value is -1.48. The minimum absolute atomic E-state index is 0.0537. The third-order valence-corrected chi connectivity index (χ3v) is 9.43. The molecule has 0 aliphatic carbocycles. The lowest BCUT2D eigenvalue weighted by atomic mass is 10.2. The minimum atomic E-state index is -3.84. The second-order valence-electron chi connectivity index (χ2n) is 5.55. The lowest BCUT2D eigenvalue weighted by molar-refractivity contribution is 0.227. The van der Waals surface area contributed by atoms with E-state index >= 15 is 0 Å². The monoisotopic (exact) mass is 408 g/mol. The predicted molar refractivity (Wildman–Crippen MR) is 111 cm³/mol. The molecule has 0 saturated carbocycles. The number of benzene rings is 2. The maximum absolute atomic E-state index is 14.1. The lowest BCUT2D eigenvalue weighted by Gasteiger charge is -2.27. The van der Waals surface area contributed by atoms with Gasteiger partial charge in [-0.05, 0) is 44.5 Å². The zero-order valence-electron chi connectivity index (χ0n) is 15.9. The van der Waals surface area contributed by atoms with Gasteiger partial charge in [0.05, 0.1) is 19.8 Å². The average Bonchev–Trinajstić information content (AvgIpc) is 2.68. The van der Waals surface area contributed by atoms with Gasteiger partial charge in [-0.15, -0.1) is 0 Å². The van der Waals surface area contributed by atoms with E-state index in [4.69, 9.17) is 13.6 Å². The second-order valence-corrected chi connectivity index (χ2v) is 10.3. The summed E-state index contributed by atoms with van der Waals surface area (Å²) < 4.78 is 44.5. The molecule has 0 aliphatic heterocycles. The normalized spacial score (nSPS) is 14.7. The number of hydrogen-bond donors (Lipinski definition) is 0. The molecule has 0 N–H and O–H groups in total. The van der Waals surface area contributed by atoms with Crippen LogP contribution >= 0.6 is 15.0 Å². The molecule has 0 fully saturated rings. The fourth-order valence-corrected chi connectivity index (χ4v) is 7.89. The summed E-state index contributed by atoms with van der Waals surface area (Å²) in [6, 6.07) is 18.0. The summed E-state index contributed by atoms with van der Waals surface area (Å²) in [6.45, 7) is 5.70. The Balaban J connectivity index is 2.75. The van der Waals surface area contributed by atoms with Crippen LogP contribution < -0.4 is 5.30 Å². The molecule has 7 heteroatoms. The van der Waals surface area contributed by atoms with E-state index in [1.807, 2.05) is 36.4 Å². The van der Waals surface area contributed by atoms with Gasteiger partial charge in [-0.2, -0.15) is 0 Å². The Labute approximate surface area is 161 Å². The Morgan fingerprint density at radius 2 is 1.26 bits per heavy atom. The molecular formula is C20H26O5P2. The van der Waals surface area contributed by atoms with Gasteiger partial charge in [-0.3, -0.25) is 9.13 Å². The third-order valence-electron chi connectivity index (χ3n) is 3.68. The van der Waals surface area contributed by atoms with Gasteiger partial charge in [-0.25, -0.2) is 0 Å². The van der Waals surface area contributed by atoms with Crippen molar-refractivity contribution in [3.05, 3.63) is 71.3 Å². The van der Waals surface area contributed by atoms with Crippen molar-refractivity contribution in [2.24, 2.45) is 0 Å². The van der Waals surface area contributed by atoms with Crippen molar-refractivity contribution >= 4 is 26.3 Å². The molecule has 0 aliphatic rings. The Morgan fingerprint density at radius 3 is 1.74 bits per heavy atom. The molecule has 1 atom stereocenters. The molecule has 5 nitrogen and oxygen atoms in total. The largest absolute Gasteiger partial charge is 0.367 e. The minimum Gasteiger partial charge on any atom is -0.322 e. The fraction of sp³-hybridized carbons (Fsp3) is 0.300. The van der Waals surface area contributed by atoms with Crippen LogP contribution in [0.1, 0.15) is 26.3 Å². The molecule has 0 amide bonds. The molecule has 0 aromatic heterocycles. The predicted octanol–water partition coefficient (Wildman–Crippen LogP) is 5.89. The molecule has 0 heterocycles. The highest BCUT2D eigenvalue weighted by atomic mass is 31.2. The van der Waals surface area contributed by atoms with Crippen LogP contribution in [0.3, 0.4) is 0 Å². The summed E-state index contributed by atoms with van der Waals surface area (Å²) in [5, 5.41) is 0.506. The van der Waals surface area contributed by atoms with E-state index in [0.29, 0.717) is 5.30 Å². The van der Waals surface area contributed by atoms with Crippen LogP contribution in [-0.2, 0) is 22.7 Å². The Bertz CT molecular complexity index is 824. The molecule has 0 bridgehead atoms. The standard InChI is InChI=1S/C20H26O5P2/c1-4-23-26(21,19-15-11-8-12-16-19)20(17-18-13-9-7-10-14-18)27(22,24-5-2)25-6-3/h7-17H,4-6H2,1-3H3/b20-17-. The van der Waals surface area contributed by atoms with Crippen molar-refractivity contribution in [2.45, 2.75) is 20.8 Å². The van der Waals surface area contributed by atoms with Gasteiger partial charge in [0.25, 0.3) is 7.37 Å². The van der Waals surface area contributed by atoms with Gasteiger partial charge >= 0.3 is 7.60 Å². The summed E-state index contributed by atoms with van der Waals surface area (Å²) in [5.74, 6) is 0. The van der Waals surface area contributed by atoms with Gasteiger partial charge in [0.15, 0.2) is 0 Å². The van der Waals surface area contributed by atoms with Crippen LogP contribution in [0.15, 0.2) is 65.7 Å². The molecule has 2 aromatic rings. The van der Waals surface area contributed by atoms with E-state index in [0.717, 1.165) is 5.56 Å². The highest BCUT2D eigenvalue weighted by Gasteiger charge is 2.44. The van der Waals surface area contributed by atoms with E-state index in [-0.39, 0.29) is 24.9 Å². The van der Waals surface area contributed by atoms with Crippen LogP contribution in [0.25, 0.3) is 6.08 Å². The summed E-state index contributed by atoms with van der Waals surface area (Å²) in [6.07, 6.45) is 1.61. The van der Waals surface area contributed by atoms with Crippen molar-refractivity contribution in [1.29, 1.82) is 0 Å². The molecule has 2 rings (SSSR count). The molecule has 1 unspecified atom stereocenters. The summed E-state index contributed by atoms with van der Waals surface area (Å²) >= 11 is 0. The summed E-state index contributed by atoms with van der Waals surface area (Å²) in [4.78, 5) is 0. The van der Waals surface area contributed by atoms with E-state index in [1.165, 1.54) is 0 Å². The highest BCUT2D eigenvalue weighted by molar-refractivity contribution is 7.85. The van der Waals surface area contributed by atoms with E-state index < -0.39 is 15.0 Å². The molecule has 146 valence electrons. The van der Waals surface area contributed by atoms with Crippen LogP contribution in [0.4, 0.5) is 0 Å². The first-order chi connectivity index (χ1) is 13.0. The highest BCUT2D eigenvalue weighted by Crippen LogP contribution is 2.73. The first-order valence-electron chi connectivity index (χ1n) is 8.97. The zero-order chi connectivity index (χ0) is 19.8. The van der Waals surface area contributed by atoms with E-state index in [2.05, 4.69) is 0 Å². The van der Waals surface area contributed by atoms with E-state index in [1.54, 1.807) is 51.1 Å². The Morgan fingerprint density at radius 1 is 0.778 bits per heavy atom. The first kappa shape index (κ1) is 21.8. The van der Waals surface area contributed by atoms with Crippen LogP contribution in [0.5, 0.6) is 0 Å². The molecular weight excluding hydrogens is 382 g/mol. The van der Waals surface area contributed by atoms with Crippen molar-refractivity contribution in [1.82, 2.24) is 0 Å². The summed E-state index contributed by atoms with van der Waals surface area (Å²) in [7, 11) is -7.52. The van der Waals surface area contributed by atoms with Crippen molar-refractivity contribution in [2.75, 3.05) is 19.8 Å². The smallest absolute Gasteiger partial charge is 0.322 e. The molecule has 27 heavy (non-hydrogen) atoms. The number of hydrogen-bond acceptors (Lipinski definition) is 5.